The van der Waals surface area contributed by atoms with Crippen LogP contribution in [0.4, 0.5) is 0 Å². The monoisotopic (exact) mass is 178 g/mol. The maximum absolute atomic E-state index is 10.6. The lowest BCUT2D eigenvalue weighted by Crippen LogP contribution is -2.35. The minimum Gasteiger partial charge on any atom is -0.349 e. The number of aromatic nitrogens is 1. The number of hydrogen-bond acceptors (Lipinski definition) is 1. The van der Waals surface area contributed by atoms with Gasteiger partial charge in [-0.3, -0.25) is 4.79 Å². The molecule has 1 saturated heterocycles. The fourth-order valence-electron chi connectivity index (χ4n) is 1.91. The molecule has 1 aromatic heterocycles. The van der Waals surface area contributed by atoms with Gasteiger partial charge in [-0.25, -0.2) is 0 Å². The Hall–Kier alpha value is -1.25. The van der Waals surface area contributed by atoms with E-state index in [4.69, 9.17) is 0 Å². The van der Waals surface area contributed by atoms with Crippen molar-refractivity contribution in [3.63, 3.8) is 0 Å². The summed E-state index contributed by atoms with van der Waals surface area (Å²) in [5.74, 6) is 0. The summed E-state index contributed by atoms with van der Waals surface area (Å²) in [4.78, 5) is 12.4. The largest absolute Gasteiger partial charge is 0.349 e. The smallest absolute Gasteiger partial charge is 0.209 e. The van der Waals surface area contributed by atoms with Crippen molar-refractivity contribution in [1.82, 2.24) is 9.47 Å². The van der Waals surface area contributed by atoms with E-state index in [0.717, 1.165) is 25.9 Å². The zero-order chi connectivity index (χ0) is 9.10. The van der Waals surface area contributed by atoms with E-state index in [1.807, 2.05) is 17.0 Å². The van der Waals surface area contributed by atoms with Gasteiger partial charge in [0.25, 0.3) is 0 Å². The van der Waals surface area contributed by atoms with Crippen LogP contribution >= 0.6 is 0 Å². The fourth-order valence-corrected chi connectivity index (χ4v) is 1.91. The van der Waals surface area contributed by atoms with Crippen LogP contribution in [0.25, 0.3) is 0 Å². The van der Waals surface area contributed by atoms with Crippen LogP contribution in [0.5, 0.6) is 0 Å². The van der Waals surface area contributed by atoms with E-state index in [-0.39, 0.29) is 0 Å². The predicted octanol–water partition coefficient (Wildman–Crippen LogP) is 1.28. The van der Waals surface area contributed by atoms with Crippen molar-refractivity contribution in [1.29, 1.82) is 0 Å². The maximum atomic E-state index is 10.6. The zero-order valence-corrected chi connectivity index (χ0v) is 7.60. The molecule has 1 aromatic rings. The van der Waals surface area contributed by atoms with Gasteiger partial charge in [-0.05, 0) is 25.0 Å². The molecule has 2 heterocycles. The molecule has 1 amide bonds. The van der Waals surface area contributed by atoms with Crippen molar-refractivity contribution in [2.75, 3.05) is 13.1 Å². The number of likely N-dealkylation sites (tertiary alicyclic amines) is 1. The number of carbonyl (C=O) groups is 1. The maximum Gasteiger partial charge on any atom is 0.209 e. The summed E-state index contributed by atoms with van der Waals surface area (Å²) in [5.41, 5.74) is 0. The average Bonchev–Trinajstić information content (AvgIpc) is 2.71. The highest BCUT2D eigenvalue weighted by Crippen LogP contribution is 2.20. The Kier molecular flexibility index (Phi) is 2.34. The van der Waals surface area contributed by atoms with Crippen molar-refractivity contribution in [2.24, 2.45) is 0 Å². The van der Waals surface area contributed by atoms with E-state index >= 15 is 0 Å². The van der Waals surface area contributed by atoms with Gasteiger partial charge in [-0.15, -0.1) is 0 Å². The molecule has 0 radical (unpaired) electrons. The van der Waals surface area contributed by atoms with Crippen LogP contribution in [0.2, 0.25) is 0 Å². The van der Waals surface area contributed by atoms with Crippen molar-refractivity contribution < 1.29 is 4.79 Å². The summed E-state index contributed by atoms with van der Waals surface area (Å²) in [7, 11) is 0. The van der Waals surface area contributed by atoms with Gasteiger partial charge in [-0.2, -0.15) is 0 Å². The molecule has 3 nitrogen and oxygen atoms in total. The first kappa shape index (κ1) is 8.35. The lowest BCUT2D eigenvalue weighted by atomic mass is 10.1. The van der Waals surface area contributed by atoms with Crippen molar-refractivity contribution in [3.8, 4) is 0 Å². The summed E-state index contributed by atoms with van der Waals surface area (Å²) >= 11 is 0. The molecule has 0 N–H and O–H groups in total. The van der Waals surface area contributed by atoms with Gasteiger partial charge in [0.15, 0.2) is 0 Å². The highest BCUT2D eigenvalue weighted by atomic mass is 16.1. The molecule has 70 valence electrons. The molecular formula is C10H14N2O. The van der Waals surface area contributed by atoms with Crippen LogP contribution in [0.3, 0.4) is 0 Å². The zero-order valence-electron chi connectivity index (χ0n) is 7.60. The molecule has 1 aliphatic rings. The van der Waals surface area contributed by atoms with Crippen LogP contribution in [-0.4, -0.2) is 29.0 Å². The van der Waals surface area contributed by atoms with Gasteiger partial charge >= 0.3 is 0 Å². The Morgan fingerprint density at radius 1 is 1.31 bits per heavy atom. The van der Waals surface area contributed by atoms with Gasteiger partial charge < -0.3 is 9.47 Å². The first-order valence-corrected chi connectivity index (χ1v) is 4.72. The third kappa shape index (κ3) is 1.74. The summed E-state index contributed by atoms with van der Waals surface area (Å²) in [6.45, 7) is 1.78. The van der Waals surface area contributed by atoms with Gasteiger partial charge in [0.2, 0.25) is 6.41 Å². The molecule has 0 bridgehead atoms. The topological polar surface area (TPSA) is 25.2 Å². The standard InChI is InChI=1S/C10H14N2O/c13-9-11-5-3-4-10(8-11)12-6-1-2-7-12/h1-2,6-7,9-10H,3-5,8H2. The van der Waals surface area contributed by atoms with E-state index in [1.165, 1.54) is 6.42 Å². The third-order valence-corrected chi connectivity index (χ3v) is 2.63. The van der Waals surface area contributed by atoms with Crippen molar-refractivity contribution >= 4 is 6.41 Å². The SMILES string of the molecule is O=CN1CCCC(n2cccc2)C1. The first-order chi connectivity index (χ1) is 6.40. The van der Waals surface area contributed by atoms with Crippen LogP contribution in [-0.2, 0) is 4.79 Å². The number of carbonyl (C=O) groups excluding carboxylic acids is 1. The van der Waals surface area contributed by atoms with Gasteiger partial charge in [-0.1, -0.05) is 0 Å². The first-order valence-electron chi connectivity index (χ1n) is 4.72. The van der Waals surface area contributed by atoms with Gasteiger partial charge in [0.05, 0.1) is 6.04 Å². The molecule has 0 aliphatic carbocycles. The van der Waals surface area contributed by atoms with Crippen LogP contribution in [0, 0.1) is 0 Å². The van der Waals surface area contributed by atoms with E-state index in [1.54, 1.807) is 0 Å². The summed E-state index contributed by atoms with van der Waals surface area (Å²) in [6, 6.07) is 4.54. The molecule has 13 heavy (non-hydrogen) atoms. The Labute approximate surface area is 78.0 Å². The molecular weight excluding hydrogens is 164 g/mol. The Morgan fingerprint density at radius 3 is 2.77 bits per heavy atom. The second-order valence-corrected chi connectivity index (χ2v) is 3.53. The molecule has 3 heteroatoms. The fraction of sp³-hybridized carbons (Fsp3) is 0.500. The second kappa shape index (κ2) is 3.64. The van der Waals surface area contributed by atoms with E-state index in [0.29, 0.717) is 6.04 Å². The summed E-state index contributed by atoms with van der Waals surface area (Å²) in [6.07, 6.45) is 7.38. The van der Waals surface area contributed by atoms with Crippen molar-refractivity contribution in [2.45, 2.75) is 18.9 Å². The minimum absolute atomic E-state index is 0.481. The normalized spacial score (nSPS) is 23.1. The van der Waals surface area contributed by atoms with Crippen molar-refractivity contribution in [3.05, 3.63) is 24.5 Å². The summed E-state index contributed by atoms with van der Waals surface area (Å²) < 4.78 is 2.19. The molecule has 1 aliphatic heterocycles. The van der Waals surface area contributed by atoms with Crippen LogP contribution in [0.15, 0.2) is 24.5 Å². The minimum atomic E-state index is 0.481. The Bertz CT molecular complexity index is 268. The molecule has 1 fully saturated rings. The lowest BCUT2D eigenvalue weighted by Gasteiger charge is -2.30. The molecule has 1 unspecified atom stereocenters. The van der Waals surface area contributed by atoms with E-state index < -0.39 is 0 Å². The molecule has 2 rings (SSSR count). The number of nitrogens with zero attached hydrogens (tertiary/aromatic N) is 2. The third-order valence-electron chi connectivity index (χ3n) is 2.63. The quantitative estimate of drug-likeness (QED) is 0.626. The predicted molar refractivity (Wildman–Crippen MR) is 50.3 cm³/mol. The van der Waals surface area contributed by atoms with E-state index in [2.05, 4.69) is 17.0 Å². The number of amides is 1. The lowest BCUT2D eigenvalue weighted by molar-refractivity contribution is -0.119. The average molecular weight is 178 g/mol. The Balaban J connectivity index is 2.04. The second-order valence-electron chi connectivity index (χ2n) is 3.53. The van der Waals surface area contributed by atoms with E-state index in [9.17, 15) is 4.79 Å². The molecule has 0 saturated carbocycles. The highest BCUT2D eigenvalue weighted by molar-refractivity contribution is 5.47. The molecule has 0 aromatic carbocycles. The van der Waals surface area contributed by atoms with Gasteiger partial charge in [0.1, 0.15) is 0 Å². The van der Waals surface area contributed by atoms with Crippen LogP contribution < -0.4 is 0 Å². The van der Waals surface area contributed by atoms with Crippen LogP contribution in [0.1, 0.15) is 18.9 Å². The summed E-state index contributed by atoms with van der Waals surface area (Å²) in [5, 5.41) is 0. The molecule has 0 spiro atoms. The molecule has 1 atom stereocenters. The number of rotatable bonds is 2. The number of hydrogen-bond donors (Lipinski definition) is 0. The van der Waals surface area contributed by atoms with Gasteiger partial charge in [0, 0.05) is 25.5 Å². The Morgan fingerprint density at radius 2 is 2.08 bits per heavy atom. The number of piperidine rings is 1. The highest BCUT2D eigenvalue weighted by Gasteiger charge is 2.18.